The average molecular weight is 223 g/mol. The molecule has 0 fully saturated rings. The molecule has 1 heterocycles. The van der Waals surface area contributed by atoms with Crippen molar-refractivity contribution in [2.45, 2.75) is 6.54 Å². The number of carboxylic acid groups (broad SMARTS) is 1. The third-order valence-electron chi connectivity index (χ3n) is 1.65. The van der Waals surface area contributed by atoms with Gasteiger partial charge in [-0.3, -0.25) is 9.59 Å². The number of rotatable bonds is 5. The number of hydrogen-bond acceptors (Lipinski definition) is 5. The smallest absolute Gasteiger partial charge is 0.323 e. The summed E-state index contributed by atoms with van der Waals surface area (Å²) in [6.45, 7) is -0.639. The average Bonchev–Trinajstić information content (AvgIpc) is 2.69. The minimum atomic E-state index is -1.12. The number of carbonyl (C=O) groups is 2. The zero-order valence-electron chi connectivity index (χ0n) is 8.28. The Balaban J connectivity index is 2.60. The highest BCUT2D eigenvalue weighted by Gasteiger charge is 2.16. The number of nitrogens with zero attached hydrogens (tertiary/aromatic N) is 5. The van der Waals surface area contributed by atoms with Crippen molar-refractivity contribution < 1.29 is 14.7 Å². The molecule has 1 aromatic rings. The number of hydrogen-bond donors (Lipinski definition) is 1. The van der Waals surface area contributed by atoms with Gasteiger partial charge < -0.3 is 10.0 Å². The molecule has 0 atom stereocenters. The topological polar surface area (TPSA) is 101 Å². The lowest BCUT2D eigenvalue weighted by Crippen LogP contribution is -2.38. The Morgan fingerprint density at radius 2 is 2.31 bits per heavy atom. The maximum Gasteiger partial charge on any atom is 0.323 e. The molecule has 1 N–H and O–H groups in total. The maximum atomic E-state index is 11.6. The van der Waals surface area contributed by atoms with Crippen molar-refractivity contribution in [3.63, 3.8) is 0 Å². The predicted octanol–water partition coefficient (Wildman–Crippen LogP) is -1.78. The molecule has 1 aromatic heterocycles. The standard InChI is InChI=1S/C8H9N5O3/c1-2-3-12(5-8(15)16)7(14)4-13-6-9-10-11-13/h1,6H,3-5H2,(H,15,16). The van der Waals surface area contributed by atoms with Gasteiger partial charge in [0.05, 0.1) is 6.54 Å². The van der Waals surface area contributed by atoms with Crippen molar-refractivity contribution in [3.8, 4) is 12.3 Å². The zero-order valence-corrected chi connectivity index (χ0v) is 8.28. The molecule has 0 spiro atoms. The Bertz CT molecular complexity index is 408. The number of aromatic nitrogens is 4. The lowest BCUT2D eigenvalue weighted by atomic mass is 10.4. The summed E-state index contributed by atoms with van der Waals surface area (Å²) in [6, 6.07) is 0. The van der Waals surface area contributed by atoms with E-state index < -0.39 is 18.4 Å². The Morgan fingerprint density at radius 1 is 1.56 bits per heavy atom. The molecule has 0 saturated heterocycles. The third kappa shape index (κ3) is 3.38. The summed E-state index contributed by atoms with van der Waals surface area (Å²) in [7, 11) is 0. The molecular formula is C8H9N5O3. The molecule has 1 amide bonds. The Kier molecular flexibility index (Phi) is 3.97. The quantitative estimate of drug-likeness (QED) is 0.592. The van der Waals surface area contributed by atoms with E-state index in [4.69, 9.17) is 11.5 Å². The van der Waals surface area contributed by atoms with Gasteiger partial charge in [0, 0.05) is 0 Å². The van der Waals surface area contributed by atoms with Crippen LogP contribution >= 0.6 is 0 Å². The number of terminal acetylenes is 1. The van der Waals surface area contributed by atoms with E-state index >= 15 is 0 Å². The van der Waals surface area contributed by atoms with Crippen LogP contribution in [-0.2, 0) is 16.1 Å². The number of amides is 1. The van der Waals surface area contributed by atoms with Crippen LogP contribution in [0.4, 0.5) is 0 Å². The second-order valence-electron chi connectivity index (χ2n) is 2.86. The van der Waals surface area contributed by atoms with Gasteiger partial charge in [0.1, 0.15) is 19.4 Å². The molecule has 16 heavy (non-hydrogen) atoms. The number of tetrazole rings is 1. The van der Waals surface area contributed by atoms with Crippen LogP contribution in [0.2, 0.25) is 0 Å². The summed E-state index contributed by atoms with van der Waals surface area (Å²) in [5.74, 6) is 0.639. The highest BCUT2D eigenvalue weighted by atomic mass is 16.4. The van der Waals surface area contributed by atoms with Gasteiger partial charge in [-0.15, -0.1) is 11.5 Å². The Morgan fingerprint density at radius 3 is 2.81 bits per heavy atom. The molecule has 0 bridgehead atoms. The van der Waals surface area contributed by atoms with Gasteiger partial charge in [-0.25, -0.2) is 4.68 Å². The first kappa shape index (κ1) is 11.6. The Hall–Kier alpha value is -2.43. The summed E-state index contributed by atoms with van der Waals surface area (Å²) < 4.78 is 1.19. The van der Waals surface area contributed by atoms with Crippen molar-refractivity contribution in [2.75, 3.05) is 13.1 Å². The van der Waals surface area contributed by atoms with E-state index in [-0.39, 0.29) is 13.1 Å². The fourth-order valence-corrected chi connectivity index (χ4v) is 0.997. The van der Waals surface area contributed by atoms with Crippen LogP contribution in [0.15, 0.2) is 6.33 Å². The van der Waals surface area contributed by atoms with Crippen LogP contribution in [0.5, 0.6) is 0 Å². The summed E-state index contributed by atoms with van der Waals surface area (Å²) in [5.41, 5.74) is 0. The second-order valence-corrected chi connectivity index (χ2v) is 2.86. The second kappa shape index (κ2) is 5.45. The van der Waals surface area contributed by atoms with Crippen molar-refractivity contribution in [2.24, 2.45) is 0 Å². The summed E-state index contributed by atoms with van der Waals surface area (Å²) >= 11 is 0. The lowest BCUT2D eigenvalue weighted by molar-refractivity contribution is -0.144. The number of aliphatic carboxylic acids is 1. The summed E-state index contributed by atoms with van der Waals surface area (Å²) in [5, 5.41) is 18.8. The SMILES string of the molecule is C#CCN(CC(=O)O)C(=O)Cn1cnnn1. The normalized spacial score (nSPS) is 9.44. The third-order valence-corrected chi connectivity index (χ3v) is 1.65. The van der Waals surface area contributed by atoms with E-state index in [0.29, 0.717) is 0 Å². The lowest BCUT2D eigenvalue weighted by Gasteiger charge is -2.17. The summed E-state index contributed by atoms with van der Waals surface area (Å²) in [6.07, 6.45) is 6.29. The summed E-state index contributed by atoms with van der Waals surface area (Å²) in [4.78, 5) is 23.1. The van der Waals surface area contributed by atoms with E-state index in [2.05, 4.69) is 21.4 Å². The monoisotopic (exact) mass is 223 g/mol. The highest BCUT2D eigenvalue weighted by Crippen LogP contribution is 1.92. The van der Waals surface area contributed by atoms with Crippen molar-refractivity contribution >= 4 is 11.9 Å². The largest absolute Gasteiger partial charge is 0.480 e. The van der Waals surface area contributed by atoms with Gasteiger partial charge in [0.2, 0.25) is 5.91 Å². The molecule has 8 heteroatoms. The first-order valence-electron chi connectivity index (χ1n) is 4.27. The van der Waals surface area contributed by atoms with E-state index in [1.807, 2.05) is 0 Å². The minimum Gasteiger partial charge on any atom is -0.480 e. The van der Waals surface area contributed by atoms with Gasteiger partial charge in [0.25, 0.3) is 0 Å². The van der Waals surface area contributed by atoms with Crippen LogP contribution in [-0.4, -0.2) is 55.2 Å². The fourth-order valence-electron chi connectivity index (χ4n) is 0.997. The molecule has 0 aliphatic heterocycles. The Labute approximate surface area is 90.8 Å². The van der Waals surface area contributed by atoms with Gasteiger partial charge in [-0.05, 0) is 10.4 Å². The predicted molar refractivity (Wildman–Crippen MR) is 50.9 cm³/mol. The fraction of sp³-hybridized carbons (Fsp3) is 0.375. The molecule has 8 nitrogen and oxygen atoms in total. The molecule has 0 unspecified atom stereocenters. The molecule has 84 valence electrons. The molecule has 0 radical (unpaired) electrons. The molecular weight excluding hydrogens is 214 g/mol. The van der Waals surface area contributed by atoms with Crippen LogP contribution in [0, 0.1) is 12.3 Å². The van der Waals surface area contributed by atoms with Crippen molar-refractivity contribution in [1.29, 1.82) is 0 Å². The van der Waals surface area contributed by atoms with Crippen LogP contribution in [0.1, 0.15) is 0 Å². The molecule has 0 aliphatic carbocycles. The molecule has 0 aliphatic rings. The van der Waals surface area contributed by atoms with Gasteiger partial charge in [-0.1, -0.05) is 5.92 Å². The number of carboxylic acids is 1. The van der Waals surface area contributed by atoms with E-state index in [9.17, 15) is 9.59 Å². The maximum absolute atomic E-state index is 11.6. The number of carbonyl (C=O) groups excluding carboxylic acids is 1. The molecule has 1 rings (SSSR count). The molecule has 0 aromatic carbocycles. The first-order chi connectivity index (χ1) is 7.63. The van der Waals surface area contributed by atoms with E-state index in [1.54, 1.807) is 0 Å². The van der Waals surface area contributed by atoms with Crippen LogP contribution in [0.3, 0.4) is 0 Å². The van der Waals surface area contributed by atoms with Gasteiger partial charge >= 0.3 is 5.97 Å². The first-order valence-corrected chi connectivity index (χ1v) is 4.27. The highest BCUT2D eigenvalue weighted by molar-refractivity contribution is 5.81. The van der Waals surface area contributed by atoms with Gasteiger partial charge in [-0.2, -0.15) is 0 Å². The van der Waals surface area contributed by atoms with Crippen LogP contribution < -0.4 is 0 Å². The van der Waals surface area contributed by atoms with E-state index in [1.165, 1.54) is 11.0 Å². The van der Waals surface area contributed by atoms with E-state index in [0.717, 1.165) is 4.90 Å². The van der Waals surface area contributed by atoms with Gasteiger partial charge in [0.15, 0.2) is 0 Å². The molecule has 0 saturated carbocycles. The van der Waals surface area contributed by atoms with Crippen LogP contribution in [0.25, 0.3) is 0 Å². The van der Waals surface area contributed by atoms with Crippen molar-refractivity contribution in [3.05, 3.63) is 6.33 Å². The van der Waals surface area contributed by atoms with Crippen molar-refractivity contribution in [1.82, 2.24) is 25.1 Å². The minimum absolute atomic E-state index is 0.0622. The zero-order chi connectivity index (χ0) is 12.0.